The van der Waals surface area contributed by atoms with Crippen LogP contribution in [0.25, 0.3) is 10.8 Å². The first kappa shape index (κ1) is 13.3. The third kappa shape index (κ3) is 3.07. The third-order valence-electron chi connectivity index (χ3n) is 3.58. The second-order valence-electron chi connectivity index (χ2n) is 4.96. The van der Waals surface area contributed by atoms with Crippen molar-refractivity contribution in [2.75, 3.05) is 7.05 Å². The van der Waals surface area contributed by atoms with Crippen LogP contribution < -0.4 is 0 Å². The molecule has 0 aliphatic heterocycles. The number of hydrogen-bond acceptors (Lipinski definition) is 5. The fourth-order valence-corrected chi connectivity index (χ4v) is 3.84. The van der Waals surface area contributed by atoms with Gasteiger partial charge in [0.05, 0.1) is 15.2 Å². The van der Waals surface area contributed by atoms with Gasteiger partial charge in [-0.1, -0.05) is 12.8 Å². The molecule has 6 heteroatoms. The summed E-state index contributed by atoms with van der Waals surface area (Å²) in [6.07, 6.45) is 5.26. The SMILES string of the molecule is CN(Cc1nnc(-c2ccc(Br)s2)o1)C1CCCC1. The van der Waals surface area contributed by atoms with Gasteiger partial charge in [-0.25, -0.2) is 0 Å². The van der Waals surface area contributed by atoms with Crippen LogP contribution in [0.3, 0.4) is 0 Å². The van der Waals surface area contributed by atoms with Gasteiger partial charge in [-0.3, -0.25) is 4.90 Å². The van der Waals surface area contributed by atoms with Gasteiger partial charge in [0.25, 0.3) is 5.89 Å². The predicted octanol–water partition coefficient (Wildman–Crippen LogP) is 3.94. The Kier molecular flexibility index (Phi) is 4.00. The summed E-state index contributed by atoms with van der Waals surface area (Å²) in [5.41, 5.74) is 0. The first-order chi connectivity index (χ1) is 9.22. The molecule has 1 saturated carbocycles. The van der Waals surface area contributed by atoms with Crippen LogP contribution in [0.5, 0.6) is 0 Å². The van der Waals surface area contributed by atoms with E-state index in [1.54, 1.807) is 11.3 Å². The average molecular weight is 342 g/mol. The van der Waals surface area contributed by atoms with Crippen LogP contribution in [-0.4, -0.2) is 28.2 Å². The van der Waals surface area contributed by atoms with Crippen molar-refractivity contribution in [2.24, 2.45) is 0 Å². The van der Waals surface area contributed by atoms with Gasteiger partial charge in [0.15, 0.2) is 0 Å². The van der Waals surface area contributed by atoms with Crippen molar-refractivity contribution in [3.63, 3.8) is 0 Å². The molecule has 0 unspecified atom stereocenters. The summed E-state index contributed by atoms with van der Waals surface area (Å²) in [6.45, 7) is 0.740. The quantitative estimate of drug-likeness (QED) is 0.844. The Labute approximate surface area is 125 Å². The minimum absolute atomic E-state index is 0.616. The summed E-state index contributed by atoms with van der Waals surface area (Å²) in [7, 11) is 2.14. The highest BCUT2D eigenvalue weighted by atomic mass is 79.9. The molecule has 1 aliphatic rings. The van der Waals surface area contributed by atoms with Crippen molar-refractivity contribution in [3.8, 4) is 10.8 Å². The minimum Gasteiger partial charge on any atom is -0.419 e. The van der Waals surface area contributed by atoms with Crippen molar-refractivity contribution in [1.82, 2.24) is 15.1 Å². The number of halogens is 1. The molecule has 0 saturated heterocycles. The van der Waals surface area contributed by atoms with Crippen LogP contribution in [-0.2, 0) is 6.54 Å². The topological polar surface area (TPSA) is 42.2 Å². The molecule has 0 bridgehead atoms. The third-order valence-corrected chi connectivity index (χ3v) is 5.20. The highest BCUT2D eigenvalue weighted by Gasteiger charge is 2.21. The van der Waals surface area contributed by atoms with Crippen LogP contribution in [0, 0.1) is 0 Å². The van der Waals surface area contributed by atoms with E-state index < -0.39 is 0 Å². The smallest absolute Gasteiger partial charge is 0.257 e. The minimum atomic E-state index is 0.616. The van der Waals surface area contributed by atoms with Crippen molar-refractivity contribution in [3.05, 3.63) is 21.8 Å². The molecule has 3 rings (SSSR count). The summed E-state index contributed by atoms with van der Waals surface area (Å²) < 4.78 is 6.81. The van der Waals surface area contributed by atoms with Gasteiger partial charge < -0.3 is 4.42 Å². The Balaban J connectivity index is 1.67. The number of aromatic nitrogens is 2. The van der Waals surface area contributed by atoms with Gasteiger partial charge in [0, 0.05) is 6.04 Å². The number of hydrogen-bond donors (Lipinski definition) is 0. The maximum atomic E-state index is 5.74. The summed E-state index contributed by atoms with van der Waals surface area (Å²) in [4.78, 5) is 3.34. The Morgan fingerprint density at radius 2 is 2.16 bits per heavy atom. The molecule has 0 aromatic carbocycles. The predicted molar refractivity (Wildman–Crippen MR) is 79.0 cm³/mol. The van der Waals surface area contributed by atoms with Crippen molar-refractivity contribution >= 4 is 27.3 Å². The molecule has 102 valence electrons. The second-order valence-corrected chi connectivity index (χ2v) is 7.42. The van der Waals surface area contributed by atoms with Gasteiger partial charge in [0.1, 0.15) is 0 Å². The zero-order chi connectivity index (χ0) is 13.2. The van der Waals surface area contributed by atoms with Gasteiger partial charge in [-0.15, -0.1) is 21.5 Å². The Bertz CT molecular complexity index is 548. The van der Waals surface area contributed by atoms with E-state index in [2.05, 4.69) is 38.1 Å². The second kappa shape index (κ2) is 5.73. The lowest BCUT2D eigenvalue weighted by Crippen LogP contribution is -2.28. The zero-order valence-electron chi connectivity index (χ0n) is 10.8. The molecular weight excluding hydrogens is 326 g/mol. The van der Waals surface area contributed by atoms with Crippen LogP contribution in [0.2, 0.25) is 0 Å². The number of nitrogens with zero attached hydrogens (tertiary/aromatic N) is 3. The highest BCUT2D eigenvalue weighted by molar-refractivity contribution is 9.11. The standard InChI is InChI=1S/C13H16BrN3OS/c1-17(9-4-2-3-5-9)8-12-15-16-13(18-12)10-6-7-11(14)19-10/h6-7,9H,2-5,8H2,1H3. The molecule has 19 heavy (non-hydrogen) atoms. The van der Waals surface area contributed by atoms with Crippen molar-refractivity contribution < 1.29 is 4.42 Å². The van der Waals surface area contributed by atoms with Gasteiger partial charge in [0.2, 0.25) is 5.89 Å². The Morgan fingerprint density at radius 1 is 1.37 bits per heavy atom. The Morgan fingerprint density at radius 3 is 2.84 bits per heavy atom. The molecule has 0 atom stereocenters. The molecule has 0 N–H and O–H groups in total. The fraction of sp³-hybridized carbons (Fsp3) is 0.538. The van der Waals surface area contributed by atoms with E-state index in [-0.39, 0.29) is 0 Å². The molecule has 2 heterocycles. The van der Waals surface area contributed by atoms with Gasteiger partial charge >= 0.3 is 0 Å². The van der Waals surface area contributed by atoms with Gasteiger partial charge in [-0.2, -0.15) is 0 Å². The summed E-state index contributed by atoms with van der Waals surface area (Å²) in [5.74, 6) is 1.32. The number of rotatable bonds is 4. The normalized spacial score (nSPS) is 16.6. The lowest BCUT2D eigenvalue weighted by Gasteiger charge is -2.21. The zero-order valence-corrected chi connectivity index (χ0v) is 13.2. The maximum absolute atomic E-state index is 5.74. The van der Waals surface area contributed by atoms with Crippen molar-refractivity contribution in [1.29, 1.82) is 0 Å². The van der Waals surface area contributed by atoms with Crippen LogP contribution in [0.15, 0.2) is 20.3 Å². The lowest BCUT2D eigenvalue weighted by molar-refractivity contribution is 0.216. The van der Waals surface area contributed by atoms with Crippen LogP contribution >= 0.6 is 27.3 Å². The molecule has 0 spiro atoms. The van der Waals surface area contributed by atoms with E-state index >= 15 is 0 Å². The van der Waals surface area contributed by atoms with Crippen molar-refractivity contribution in [2.45, 2.75) is 38.3 Å². The lowest BCUT2D eigenvalue weighted by atomic mass is 10.2. The molecule has 2 aromatic rings. The molecule has 1 fully saturated rings. The monoisotopic (exact) mass is 341 g/mol. The van der Waals surface area contributed by atoms with Crippen LogP contribution in [0.1, 0.15) is 31.6 Å². The maximum Gasteiger partial charge on any atom is 0.257 e. The molecule has 2 aromatic heterocycles. The molecule has 0 amide bonds. The van der Waals surface area contributed by atoms with E-state index in [9.17, 15) is 0 Å². The van der Waals surface area contributed by atoms with E-state index in [1.807, 2.05) is 12.1 Å². The highest BCUT2D eigenvalue weighted by Crippen LogP contribution is 2.30. The molecular formula is C13H16BrN3OS. The molecule has 1 aliphatic carbocycles. The summed E-state index contributed by atoms with van der Waals surface area (Å²) in [6, 6.07) is 4.66. The first-order valence-corrected chi connectivity index (χ1v) is 8.11. The molecule has 0 radical (unpaired) electrons. The van der Waals surface area contributed by atoms with E-state index in [0.29, 0.717) is 17.8 Å². The summed E-state index contributed by atoms with van der Waals surface area (Å²) in [5, 5.41) is 8.27. The Hall–Kier alpha value is -0.720. The first-order valence-electron chi connectivity index (χ1n) is 6.51. The van der Waals surface area contributed by atoms with Gasteiger partial charge in [-0.05, 0) is 48.0 Å². The average Bonchev–Trinajstić information content (AvgIpc) is 3.07. The fourth-order valence-electron chi connectivity index (χ4n) is 2.53. The largest absolute Gasteiger partial charge is 0.419 e. The van der Waals surface area contributed by atoms with Crippen LogP contribution in [0.4, 0.5) is 0 Å². The van der Waals surface area contributed by atoms with E-state index in [0.717, 1.165) is 15.2 Å². The van der Waals surface area contributed by atoms with E-state index in [1.165, 1.54) is 25.7 Å². The van der Waals surface area contributed by atoms with E-state index in [4.69, 9.17) is 4.42 Å². The number of thiophene rings is 1. The summed E-state index contributed by atoms with van der Waals surface area (Å²) >= 11 is 5.05. The molecule has 4 nitrogen and oxygen atoms in total.